The monoisotopic (exact) mass is 289 g/mol. The summed E-state index contributed by atoms with van der Waals surface area (Å²) in [6, 6.07) is 7.55. The number of carbonyl (C=O) groups is 1. The van der Waals surface area contributed by atoms with E-state index in [4.69, 9.17) is 15.2 Å². The molecule has 0 aliphatic rings. The number of ether oxygens (including phenoxy) is 2. The minimum atomic E-state index is -0.680. The molecule has 2 rings (SSSR count). The van der Waals surface area contributed by atoms with Gasteiger partial charge >= 0.3 is 0 Å². The molecule has 0 bridgehead atoms. The zero-order valence-electron chi connectivity index (χ0n) is 12.1. The van der Waals surface area contributed by atoms with Crippen molar-refractivity contribution in [3.05, 3.63) is 52.8 Å². The number of hydrogen-bond donors (Lipinski definition) is 1. The Labute approximate surface area is 122 Å². The summed E-state index contributed by atoms with van der Waals surface area (Å²) in [6.07, 6.45) is 0. The van der Waals surface area contributed by atoms with Crippen LogP contribution in [0.2, 0.25) is 0 Å². The highest BCUT2D eigenvalue weighted by molar-refractivity contribution is 6.13. The van der Waals surface area contributed by atoms with Crippen LogP contribution >= 0.6 is 0 Å². The number of hydrogen-bond acceptors (Lipinski definition) is 4. The fourth-order valence-corrected chi connectivity index (χ4v) is 2.16. The van der Waals surface area contributed by atoms with Gasteiger partial charge in [0.05, 0.1) is 19.8 Å². The van der Waals surface area contributed by atoms with Gasteiger partial charge in [0.2, 0.25) is 0 Å². The van der Waals surface area contributed by atoms with Crippen LogP contribution in [0.15, 0.2) is 30.3 Å². The molecule has 0 heterocycles. The molecule has 0 aromatic heterocycles. The second-order valence-corrected chi connectivity index (χ2v) is 4.56. The van der Waals surface area contributed by atoms with Crippen molar-refractivity contribution in [3.63, 3.8) is 0 Å². The van der Waals surface area contributed by atoms with E-state index in [1.54, 1.807) is 25.1 Å². The average Bonchev–Trinajstić information content (AvgIpc) is 2.46. The van der Waals surface area contributed by atoms with E-state index in [1.807, 2.05) is 0 Å². The summed E-state index contributed by atoms with van der Waals surface area (Å²) in [5.41, 5.74) is 7.03. The van der Waals surface area contributed by atoms with Crippen LogP contribution in [-0.2, 0) is 0 Å². The van der Waals surface area contributed by atoms with Gasteiger partial charge in [-0.3, -0.25) is 4.79 Å². The number of carbonyl (C=O) groups excluding carboxylic acids is 1. The third-order valence-electron chi connectivity index (χ3n) is 3.25. The Morgan fingerprint density at radius 2 is 1.76 bits per heavy atom. The molecule has 0 radical (unpaired) electrons. The van der Waals surface area contributed by atoms with Crippen LogP contribution in [0, 0.1) is 12.7 Å². The summed E-state index contributed by atoms with van der Waals surface area (Å²) in [6.45, 7) is 1.75. The lowest BCUT2D eigenvalue weighted by molar-refractivity contribution is 0.103. The number of anilines is 1. The molecule has 0 fully saturated rings. The lowest BCUT2D eigenvalue weighted by atomic mass is 9.97. The molecule has 0 saturated heterocycles. The lowest BCUT2D eigenvalue weighted by Gasteiger charge is -2.12. The number of nitrogens with two attached hydrogens (primary N) is 1. The number of rotatable bonds is 4. The van der Waals surface area contributed by atoms with Crippen molar-refractivity contribution in [3.8, 4) is 11.5 Å². The molecule has 0 amide bonds. The zero-order valence-corrected chi connectivity index (χ0v) is 12.1. The Bertz CT molecular complexity index is 678. The predicted molar refractivity (Wildman–Crippen MR) is 78.5 cm³/mol. The summed E-state index contributed by atoms with van der Waals surface area (Å²) >= 11 is 0. The number of halogens is 1. The van der Waals surface area contributed by atoms with Gasteiger partial charge in [0.25, 0.3) is 0 Å². The minimum absolute atomic E-state index is 0.103. The van der Waals surface area contributed by atoms with E-state index in [9.17, 15) is 9.18 Å². The molecule has 2 N–H and O–H groups in total. The molecule has 110 valence electrons. The minimum Gasteiger partial charge on any atom is -0.493 e. The van der Waals surface area contributed by atoms with Crippen molar-refractivity contribution in [1.29, 1.82) is 0 Å². The normalized spacial score (nSPS) is 10.3. The van der Waals surface area contributed by atoms with Crippen LogP contribution in [0.5, 0.6) is 11.5 Å². The van der Waals surface area contributed by atoms with Crippen molar-refractivity contribution in [2.75, 3.05) is 20.0 Å². The van der Waals surface area contributed by atoms with Gasteiger partial charge < -0.3 is 15.2 Å². The molecule has 4 nitrogen and oxygen atoms in total. The van der Waals surface area contributed by atoms with Gasteiger partial charge in [-0.2, -0.15) is 0 Å². The Kier molecular flexibility index (Phi) is 4.12. The highest BCUT2D eigenvalue weighted by atomic mass is 19.1. The van der Waals surface area contributed by atoms with Crippen LogP contribution in [-0.4, -0.2) is 20.0 Å². The van der Waals surface area contributed by atoms with Gasteiger partial charge in [0.1, 0.15) is 5.82 Å². The van der Waals surface area contributed by atoms with Crippen molar-refractivity contribution in [2.24, 2.45) is 0 Å². The van der Waals surface area contributed by atoms with Gasteiger partial charge in [0.15, 0.2) is 17.3 Å². The first-order valence-corrected chi connectivity index (χ1v) is 6.31. The van der Waals surface area contributed by atoms with E-state index >= 15 is 0 Å². The van der Waals surface area contributed by atoms with Gasteiger partial charge in [-0.1, -0.05) is 12.1 Å². The Balaban J connectivity index is 2.59. The average molecular weight is 289 g/mol. The Morgan fingerprint density at radius 1 is 1.14 bits per heavy atom. The Morgan fingerprint density at radius 3 is 2.33 bits per heavy atom. The van der Waals surface area contributed by atoms with Crippen molar-refractivity contribution < 1.29 is 18.7 Å². The molecule has 2 aromatic carbocycles. The van der Waals surface area contributed by atoms with Crippen LogP contribution in [0.3, 0.4) is 0 Å². The highest BCUT2D eigenvalue weighted by Gasteiger charge is 2.21. The van der Waals surface area contributed by atoms with Crippen molar-refractivity contribution in [2.45, 2.75) is 6.92 Å². The van der Waals surface area contributed by atoms with Crippen LogP contribution in [0.1, 0.15) is 21.5 Å². The first-order valence-electron chi connectivity index (χ1n) is 6.31. The van der Waals surface area contributed by atoms with E-state index < -0.39 is 11.6 Å². The van der Waals surface area contributed by atoms with Gasteiger partial charge in [-0.25, -0.2) is 4.39 Å². The lowest BCUT2D eigenvalue weighted by Crippen LogP contribution is -2.10. The van der Waals surface area contributed by atoms with Gasteiger partial charge in [0, 0.05) is 17.3 Å². The molecule has 0 aliphatic carbocycles. The van der Waals surface area contributed by atoms with Gasteiger partial charge in [-0.05, 0) is 24.6 Å². The maximum absolute atomic E-state index is 14.2. The van der Waals surface area contributed by atoms with E-state index in [2.05, 4.69) is 0 Å². The zero-order chi connectivity index (χ0) is 15.6. The molecule has 0 spiro atoms. The molecule has 0 saturated carbocycles. The summed E-state index contributed by atoms with van der Waals surface area (Å²) in [5.74, 6) is -0.650. The van der Waals surface area contributed by atoms with E-state index in [-0.39, 0.29) is 17.1 Å². The molecule has 5 heteroatoms. The van der Waals surface area contributed by atoms with Crippen LogP contribution in [0.4, 0.5) is 10.1 Å². The van der Waals surface area contributed by atoms with Crippen molar-refractivity contribution in [1.82, 2.24) is 0 Å². The molecule has 2 aromatic rings. The molecule has 0 unspecified atom stereocenters. The summed E-state index contributed by atoms with van der Waals surface area (Å²) in [7, 11) is 2.82. The quantitative estimate of drug-likeness (QED) is 0.694. The number of ketones is 1. The molecule has 0 aliphatic heterocycles. The van der Waals surface area contributed by atoms with E-state index in [0.29, 0.717) is 16.8 Å². The Hall–Kier alpha value is -2.56. The number of aryl methyl sites for hydroxylation is 1. The first-order chi connectivity index (χ1) is 9.99. The van der Waals surface area contributed by atoms with E-state index in [1.165, 1.54) is 20.3 Å². The summed E-state index contributed by atoms with van der Waals surface area (Å²) in [5, 5.41) is 0. The molecular weight excluding hydrogens is 273 g/mol. The summed E-state index contributed by atoms with van der Waals surface area (Å²) < 4.78 is 24.3. The molecular formula is C16H16FNO3. The van der Waals surface area contributed by atoms with E-state index in [0.717, 1.165) is 6.07 Å². The second-order valence-electron chi connectivity index (χ2n) is 4.56. The maximum Gasteiger partial charge on any atom is 0.198 e. The number of nitrogen functional groups attached to an aromatic ring is 1. The fraction of sp³-hybridized carbons (Fsp3) is 0.188. The smallest absolute Gasteiger partial charge is 0.198 e. The fourth-order valence-electron chi connectivity index (χ4n) is 2.16. The third-order valence-corrected chi connectivity index (χ3v) is 3.25. The SMILES string of the molecule is COc1cc(F)c(C(=O)c2c(C)cccc2N)cc1OC. The highest BCUT2D eigenvalue weighted by Crippen LogP contribution is 2.32. The van der Waals surface area contributed by atoms with Crippen LogP contribution in [0.25, 0.3) is 0 Å². The standard InChI is InChI=1S/C16H16FNO3/c1-9-5-4-6-12(18)15(9)16(19)10-7-13(20-2)14(21-3)8-11(10)17/h4-8H,18H2,1-3H3. The molecule has 0 atom stereocenters. The largest absolute Gasteiger partial charge is 0.493 e. The predicted octanol–water partition coefficient (Wildman–Crippen LogP) is 2.96. The van der Waals surface area contributed by atoms with Crippen molar-refractivity contribution >= 4 is 11.5 Å². The topological polar surface area (TPSA) is 61.5 Å². The van der Waals surface area contributed by atoms with Gasteiger partial charge in [-0.15, -0.1) is 0 Å². The molecule has 21 heavy (non-hydrogen) atoms. The second kappa shape index (κ2) is 5.83. The summed E-state index contributed by atoms with van der Waals surface area (Å²) in [4.78, 5) is 12.6. The number of benzene rings is 2. The maximum atomic E-state index is 14.2. The first kappa shape index (κ1) is 14.8. The van der Waals surface area contributed by atoms with Crippen LogP contribution < -0.4 is 15.2 Å². The number of methoxy groups -OCH3 is 2. The third kappa shape index (κ3) is 2.67.